The number of hydrogen-bond acceptors (Lipinski definition) is 3. The third kappa shape index (κ3) is 5.62. The van der Waals surface area contributed by atoms with Gasteiger partial charge in [0.25, 0.3) is 0 Å². The van der Waals surface area contributed by atoms with Gasteiger partial charge in [0.2, 0.25) is 5.90 Å². The molecule has 0 unspecified atom stereocenters. The maximum Gasteiger partial charge on any atom is 0.221 e. The van der Waals surface area contributed by atoms with Gasteiger partial charge >= 0.3 is 0 Å². The van der Waals surface area contributed by atoms with E-state index in [2.05, 4.69) is 24.9 Å². The van der Waals surface area contributed by atoms with Gasteiger partial charge in [0.1, 0.15) is 12.4 Å². The van der Waals surface area contributed by atoms with Crippen molar-refractivity contribution in [2.45, 2.75) is 13.8 Å². The Kier molecular flexibility index (Phi) is 6.42. The van der Waals surface area contributed by atoms with E-state index < -0.39 is 0 Å². The van der Waals surface area contributed by atoms with Crippen LogP contribution in [0.5, 0.6) is 5.75 Å². The topological polar surface area (TPSA) is 30.8 Å². The SMILES string of the molecule is COc1ccc(N=C(OC/C=C\C(C)C)c2ccccc2)cc1. The summed E-state index contributed by atoms with van der Waals surface area (Å²) in [5.41, 5.74) is 1.79. The summed E-state index contributed by atoms with van der Waals surface area (Å²) in [5, 5.41) is 0. The molecule has 0 aromatic heterocycles. The van der Waals surface area contributed by atoms with Crippen LogP contribution in [0.25, 0.3) is 0 Å². The first-order valence-corrected chi connectivity index (χ1v) is 7.76. The highest BCUT2D eigenvalue weighted by molar-refractivity contribution is 5.95. The fourth-order valence-electron chi connectivity index (χ4n) is 1.99. The lowest BCUT2D eigenvalue weighted by atomic mass is 10.2. The minimum Gasteiger partial charge on any atom is -0.497 e. The predicted octanol–water partition coefficient (Wildman–Crippen LogP) is 5.00. The Hall–Kier alpha value is -2.55. The lowest BCUT2D eigenvalue weighted by Crippen LogP contribution is -2.06. The minimum atomic E-state index is 0.502. The second-order valence-electron chi connectivity index (χ2n) is 5.46. The maximum atomic E-state index is 5.87. The number of allylic oxidation sites excluding steroid dienone is 1. The van der Waals surface area contributed by atoms with Crippen molar-refractivity contribution in [2.75, 3.05) is 13.7 Å². The van der Waals surface area contributed by atoms with Gasteiger partial charge in [-0.05, 0) is 42.3 Å². The third-order valence-corrected chi connectivity index (χ3v) is 3.16. The Balaban J connectivity index is 2.19. The Labute approximate surface area is 138 Å². The van der Waals surface area contributed by atoms with E-state index in [0.29, 0.717) is 18.4 Å². The first-order valence-electron chi connectivity index (χ1n) is 7.76. The molecule has 0 aliphatic rings. The van der Waals surface area contributed by atoms with Gasteiger partial charge in [0, 0.05) is 5.56 Å². The summed E-state index contributed by atoms with van der Waals surface area (Å²) in [6.45, 7) is 4.78. The summed E-state index contributed by atoms with van der Waals surface area (Å²) in [4.78, 5) is 4.63. The Morgan fingerprint density at radius 3 is 2.35 bits per heavy atom. The normalized spacial score (nSPS) is 11.9. The van der Waals surface area contributed by atoms with Gasteiger partial charge in [0.15, 0.2) is 0 Å². The number of rotatable bonds is 6. The second kappa shape index (κ2) is 8.79. The Bertz CT molecular complexity index is 643. The van der Waals surface area contributed by atoms with Gasteiger partial charge in [0.05, 0.1) is 12.8 Å². The number of methoxy groups -OCH3 is 1. The van der Waals surface area contributed by atoms with E-state index in [9.17, 15) is 0 Å². The highest BCUT2D eigenvalue weighted by Gasteiger charge is 2.04. The van der Waals surface area contributed by atoms with Crippen molar-refractivity contribution in [1.82, 2.24) is 0 Å². The van der Waals surface area contributed by atoms with Crippen LogP contribution < -0.4 is 4.74 Å². The number of aliphatic imine (C=N–C) groups is 1. The molecule has 0 atom stereocenters. The van der Waals surface area contributed by atoms with Crippen LogP contribution in [0.3, 0.4) is 0 Å². The monoisotopic (exact) mass is 309 g/mol. The molecule has 0 radical (unpaired) electrons. The van der Waals surface area contributed by atoms with Gasteiger partial charge in [-0.15, -0.1) is 0 Å². The van der Waals surface area contributed by atoms with Crippen LogP contribution in [0.15, 0.2) is 71.7 Å². The molecular weight excluding hydrogens is 286 g/mol. The maximum absolute atomic E-state index is 5.87. The summed E-state index contributed by atoms with van der Waals surface area (Å²) in [6.07, 6.45) is 4.15. The first-order chi connectivity index (χ1) is 11.2. The minimum absolute atomic E-state index is 0.502. The molecule has 2 aromatic carbocycles. The third-order valence-electron chi connectivity index (χ3n) is 3.16. The highest BCUT2D eigenvalue weighted by Crippen LogP contribution is 2.19. The van der Waals surface area contributed by atoms with E-state index in [1.165, 1.54) is 0 Å². The van der Waals surface area contributed by atoms with Crippen molar-refractivity contribution in [2.24, 2.45) is 10.9 Å². The summed E-state index contributed by atoms with van der Waals surface area (Å²) in [6, 6.07) is 17.5. The standard InChI is InChI=1S/C20H23NO2/c1-16(2)8-7-15-23-20(17-9-5-4-6-10-17)21-18-11-13-19(22-3)14-12-18/h4-14,16H,15H2,1-3H3/b8-7-,21-20?. The largest absolute Gasteiger partial charge is 0.497 e. The molecule has 2 rings (SSSR count). The van der Waals surface area contributed by atoms with Gasteiger partial charge in [-0.3, -0.25) is 0 Å². The fourth-order valence-corrected chi connectivity index (χ4v) is 1.99. The van der Waals surface area contributed by atoms with Crippen LogP contribution in [-0.4, -0.2) is 19.6 Å². The molecule has 0 N–H and O–H groups in total. The number of nitrogens with zero attached hydrogens (tertiary/aromatic N) is 1. The van der Waals surface area contributed by atoms with Crippen LogP contribution in [0, 0.1) is 5.92 Å². The molecule has 0 saturated heterocycles. The van der Waals surface area contributed by atoms with Crippen LogP contribution in [0.1, 0.15) is 19.4 Å². The van der Waals surface area contributed by atoms with Gasteiger partial charge in [-0.25, -0.2) is 4.99 Å². The quantitative estimate of drug-likeness (QED) is 0.427. The van der Waals surface area contributed by atoms with Crippen LogP contribution >= 0.6 is 0 Å². The first kappa shape index (κ1) is 16.8. The van der Waals surface area contributed by atoms with E-state index in [4.69, 9.17) is 9.47 Å². The molecule has 0 fully saturated rings. The summed E-state index contributed by atoms with van der Waals surface area (Å²) < 4.78 is 11.0. The smallest absolute Gasteiger partial charge is 0.221 e. The van der Waals surface area contributed by atoms with E-state index in [-0.39, 0.29) is 0 Å². The molecule has 0 bridgehead atoms. The Morgan fingerprint density at radius 2 is 1.74 bits per heavy atom. The van der Waals surface area contributed by atoms with Crippen molar-refractivity contribution in [3.8, 4) is 5.75 Å². The lowest BCUT2D eigenvalue weighted by Gasteiger charge is -2.08. The molecule has 0 amide bonds. The molecule has 23 heavy (non-hydrogen) atoms. The molecule has 0 spiro atoms. The van der Waals surface area contributed by atoms with E-state index in [1.807, 2.05) is 60.7 Å². The zero-order chi connectivity index (χ0) is 16.5. The number of hydrogen-bond donors (Lipinski definition) is 0. The molecule has 120 valence electrons. The average Bonchev–Trinajstić information content (AvgIpc) is 2.58. The average molecular weight is 309 g/mol. The molecule has 3 heteroatoms. The van der Waals surface area contributed by atoms with Gasteiger partial charge in [-0.2, -0.15) is 0 Å². The zero-order valence-corrected chi connectivity index (χ0v) is 13.9. The second-order valence-corrected chi connectivity index (χ2v) is 5.46. The molecule has 0 heterocycles. The van der Waals surface area contributed by atoms with Crippen molar-refractivity contribution >= 4 is 11.6 Å². The van der Waals surface area contributed by atoms with Gasteiger partial charge in [-0.1, -0.05) is 44.2 Å². The van der Waals surface area contributed by atoms with E-state index in [1.54, 1.807) is 7.11 Å². The van der Waals surface area contributed by atoms with Crippen LogP contribution in [0.2, 0.25) is 0 Å². The van der Waals surface area contributed by atoms with E-state index >= 15 is 0 Å². The number of ether oxygens (including phenoxy) is 2. The molecule has 3 nitrogen and oxygen atoms in total. The molecule has 0 aliphatic carbocycles. The summed E-state index contributed by atoms with van der Waals surface area (Å²) >= 11 is 0. The lowest BCUT2D eigenvalue weighted by molar-refractivity contribution is 0.351. The fraction of sp³-hybridized carbons (Fsp3) is 0.250. The molecule has 2 aromatic rings. The van der Waals surface area contributed by atoms with Crippen LogP contribution in [-0.2, 0) is 4.74 Å². The highest BCUT2D eigenvalue weighted by atomic mass is 16.5. The zero-order valence-electron chi connectivity index (χ0n) is 13.9. The predicted molar refractivity (Wildman–Crippen MR) is 95.6 cm³/mol. The number of benzene rings is 2. The van der Waals surface area contributed by atoms with Crippen molar-refractivity contribution < 1.29 is 9.47 Å². The van der Waals surface area contributed by atoms with Crippen molar-refractivity contribution in [3.63, 3.8) is 0 Å². The Morgan fingerprint density at radius 1 is 1.04 bits per heavy atom. The molecular formula is C20H23NO2. The molecule has 0 saturated carbocycles. The van der Waals surface area contributed by atoms with Crippen molar-refractivity contribution in [1.29, 1.82) is 0 Å². The van der Waals surface area contributed by atoms with Gasteiger partial charge < -0.3 is 9.47 Å². The van der Waals surface area contributed by atoms with E-state index in [0.717, 1.165) is 17.0 Å². The van der Waals surface area contributed by atoms with Crippen molar-refractivity contribution in [3.05, 3.63) is 72.3 Å². The molecule has 0 aliphatic heterocycles. The van der Waals surface area contributed by atoms with Crippen LogP contribution in [0.4, 0.5) is 5.69 Å². The summed E-state index contributed by atoms with van der Waals surface area (Å²) in [7, 11) is 1.65. The summed E-state index contributed by atoms with van der Waals surface area (Å²) in [5.74, 6) is 1.94.